The Bertz CT molecular complexity index is 2490. The number of methoxy groups -OCH3 is 1. The lowest BCUT2D eigenvalue weighted by Gasteiger charge is -2.23. The topological polar surface area (TPSA) is 162 Å². The number of hydrogen-bond acceptors (Lipinski definition) is 8. The van der Waals surface area contributed by atoms with Gasteiger partial charge in [0.15, 0.2) is 11.5 Å². The maximum Gasteiger partial charge on any atom is 0.405 e. The number of pyridine rings is 1. The van der Waals surface area contributed by atoms with Crippen LogP contribution in [0.15, 0.2) is 71.5 Å². The minimum atomic E-state index is -3.99. The number of nitrogens with zero attached hydrogens (tertiary/aromatic N) is 6. The Kier molecular flexibility index (Phi) is 9.59. The quantitative estimate of drug-likeness (QED) is 0.165. The molecule has 0 bridgehead atoms. The number of rotatable bonds is 10. The number of nitrogens with one attached hydrogen (secondary N) is 1. The van der Waals surface area contributed by atoms with E-state index in [0.29, 0.717) is 17.4 Å². The largest absolute Gasteiger partial charge is 0.497 e. The van der Waals surface area contributed by atoms with Crippen molar-refractivity contribution in [3.8, 4) is 11.4 Å². The minimum Gasteiger partial charge on any atom is -0.497 e. The molecule has 0 saturated carbocycles. The first-order valence-corrected chi connectivity index (χ1v) is 17.5. The lowest BCUT2D eigenvalue weighted by atomic mass is 10.0. The number of anilines is 1. The van der Waals surface area contributed by atoms with Gasteiger partial charge in [-0.2, -0.15) is 5.10 Å². The predicted octanol–water partition coefficient (Wildman–Crippen LogP) is 5.78. The van der Waals surface area contributed by atoms with Crippen molar-refractivity contribution < 1.29 is 31.8 Å². The summed E-state index contributed by atoms with van der Waals surface area (Å²) in [6, 6.07) is 13.7. The van der Waals surface area contributed by atoms with Crippen LogP contribution in [0.4, 0.5) is 19.4 Å². The van der Waals surface area contributed by atoms with Crippen molar-refractivity contribution in [1.82, 2.24) is 29.6 Å². The van der Waals surface area contributed by atoms with Crippen LogP contribution in [0.5, 0.6) is 5.75 Å². The van der Waals surface area contributed by atoms with Crippen LogP contribution in [-0.2, 0) is 30.0 Å². The summed E-state index contributed by atoms with van der Waals surface area (Å²) < 4.78 is 63.8. The van der Waals surface area contributed by atoms with Crippen molar-refractivity contribution in [2.75, 3.05) is 17.7 Å². The highest BCUT2D eigenvalue weighted by molar-refractivity contribution is 7.92. The SMILES string of the molecule is COc1ccc(CN(c2nn(C)c3c(-n4c(C(Cc5cc(F)cc(F)c5)NC(=O)O)nc5nc(Cl)ccc5c4=O)ccc(Cl)c23)S(C)(=O)=O)cc1. The zero-order valence-corrected chi connectivity index (χ0v) is 29.3. The first-order valence-electron chi connectivity index (χ1n) is 14.9. The van der Waals surface area contributed by atoms with Crippen molar-refractivity contribution >= 4 is 67.1 Å². The molecule has 0 radical (unpaired) electrons. The van der Waals surface area contributed by atoms with E-state index in [1.807, 2.05) is 0 Å². The molecule has 1 unspecified atom stereocenters. The molecule has 3 aromatic heterocycles. The third-order valence-electron chi connectivity index (χ3n) is 7.96. The molecule has 1 amide bonds. The Hall–Kier alpha value is -5.32. The number of aryl methyl sites for hydroxylation is 1. The molecule has 264 valence electrons. The van der Waals surface area contributed by atoms with Gasteiger partial charge in [0, 0.05) is 19.5 Å². The van der Waals surface area contributed by atoms with Crippen LogP contribution in [0.3, 0.4) is 0 Å². The molecule has 1 atom stereocenters. The van der Waals surface area contributed by atoms with Crippen LogP contribution in [0.2, 0.25) is 10.2 Å². The molecule has 3 aromatic carbocycles. The summed E-state index contributed by atoms with van der Waals surface area (Å²) >= 11 is 12.9. The molecular formula is C33H27Cl2F2N7O6S. The smallest absolute Gasteiger partial charge is 0.405 e. The van der Waals surface area contributed by atoms with Gasteiger partial charge in [-0.15, -0.1) is 0 Å². The number of carbonyl (C=O) groups is 1. The van der Waals surface area contributed by atoms with Gasteiger partial charge in [0.05, 0.1) is 53.0 Å². The van der Waals surface area contributed by atoms with Gasteiger partial charge in [-0.1, -0.05) is 35.3 Å². The number of ether oxygens (including phenoxy) is 1. The lowest BCUT2D eigenvalue weighted by Crippen LogP contribution is -2.35. The number of carboxylic acid groups (broad SMARTS) is 1. The molecular weight excluding hydrogens is 731 g/mol. The van der Waals surface area contributed by atoms with Crippen molar-refractivity contribution in [3.05, 3.63) is 116 Å². The van der Waals surface area contributed by atoms with Crippen LogP contribution in [-0.4, -0.2) is 57.3 Å². The number of benzene rings is 3. The molecule has 13 nitrogen and oxygen atoms in total. The Morgan fingerprint density at radius 1 is 1.02 bits per heavy atom. The van der Waals surface area contributed by atoms with E-state index < -0.39 is 39.4 Å². The Labute approximate surface area is 298 Å². The fourth-order valence-electron chi connectivity index (χ4n) is 5.79. The first-order chi connectivity index (χ1) is 24.1. The highest BCUT2D eigenvalue weighted by atomic mass is 35.5. The van der Waals surface area contributed by atoms with E-state index in [1.54, 1.807) is 24.3 Å². The molecule has 18 heteroatoms. The van der Waals surface area contributed by atoms with Gasteiger partial charge in [-0.25, -0.2) is 36.3 Å². The molecule has 2 N–H and O–H groups in total. The number of amides is 1. The molecule has 0 aliphatic heterocycles. The van der Waals surface area contributed by atoms with E-state index in [0.717, 1.165) is 27.3 Å². The second kappa shape index (κ2) is 13.8. The maximum atomic E-state index is 14.4. The van der Waals surface area contributed by atoms with Crippen LogP contribution >= 0.6 is 23.2 Å². The highest BCUT2D eigenvalue weighted by Gasteiger charge is 2.30. The molecule has 6 aromatic rings. The number of sulfonamides is 1. The standard InChI is InChI=1S/C33H27Cl2F2N7O6S/c1-42-28-25(10-9-23(34)27(28)31(41-42)43(51(3,48)49)16-17-4-6-21(50-2)7-5-17)44-30(40-29-22(32(44)45)8-11-26(35)39-29)24(38-33(46)47)14-18-12-19(36)15-20(37)13-18/h4-13,15,24,38H,14,16H2,1-3H3,(H,46,47). The van der Waals surface area contributed by atoms with Gasteiger partial charge in [-0.05, 0) is 59.7 Å². The first kappa shape index (κ1) is 35.5. The summed E-state index contributed by atoms with van der Waals surface area (Å²) in [5, 5.41) is 16.9. The minimum absolute atomic E-state index is 0.00298. The van der Waals surface area contributed by atoms with E-state index in [1.165, 1.54) is 43.1 Å². The predicted molar refractivity (Wildman–Crippen MR) is 187 cm³/mol. The Morgan fingerprint density at radius 2 is 1.71 bits per heavy atom. The van der Waals surface area contributed by atoms with Crippen LogP contribution < -0.4 is 19.9 Å². The molecule has 0 spiro atoms. The summed E-state index contributed by atoms with van der Waals surface area (Å²) in [7, 11) is -0.970. The number of fused-ring (bicyclic) bond motifs is 2. The molecule has 6 rings (SSSR count). The van der Waals surface area contributed by atoms with Crippen molar-refractivity contribution in [3.63, 3.8) is 0 Å². The Balaban J connectivity index is 1.63. The van der Waals surface area contributed by atoms with E-state index in [9.17, 15) is 31.9 Å². The molecule has 3 heterocycles. The van der Waals surface area contributed by atoms with E-state index in [-0.39, 0.29) is 68.0 Å². The van der Waals surface area contributed by atoms with Crippen molar-refractivity contribution in [2.24, 2.45) is 7.05 Å². The van der Waals surface area contributed by atoms with Crippen molar-refractivity contribution in [1.29, 1.82) is 0 Å². The number of halogens is 4. The number of aromatic nitrogens is 5. The van der Waals surface area contributed by atoms with Gasteiger partial charge < -0.3 is 15.2 Å². The average molecular weight is 759 g/mol. The second-order valence-electron chi connectivity index (χ2n) is 11.5. The molecule has 0 fully saturated rings. The molecule has 0 aliphatic carbocycles. The Morgan fingerprint density at radius 3 is 2.33 bits per heavy atom. The van der Waals surface area contributed by atoms with Gasteiger partial charge >= 0.3 is 6.09 Å². The van der Waals surface area contributed by atoms with Gasteiger partial charge in [0.1, 0.15) is 28.4 Å². The number of hydrogen-bond donors (Lipinski definition) is 2. The van der Waals surface area contributed by atoms with Crippen molar-refractivity contribution in [2.45, 2.75) is 19.0 Å². The normalized spacial score (nSPS) is 12.3. The average Bonchev–Trinajstić information content (AvgIpc) is 3.40. The molecule has 51 heavy (non-hydrogen) atoms. The summed E-state index contributed by atoms with van der Waals surface area (Å²) in [6.45, 7) is -0.139. The summed E-state index contributed by atoms with van der Waals surface area (Å²) in [5.41, 5.74) is 0.0784. The van der Waals surface area contributed by atoms with Crippen LogP contribution in [0, 0.1) is 11.6 Å². The van der Waals surface area contributed by atoms with E-state index in [4.69, 9.17) is 27.9 Å². The third kappa shape index (κ3) is 7.15. The fourth-order valence-corrected chi connectivity index (χ4v) is 6.99. The monoisotopic (exact) mass is 757 g/mol. The summed E-state index contributed by atoms with van der Waals surface area (Å²) in [6.07, 6.45) is -0.861. The molecule has 0 aliphatic rings. The van der Waals surface area contributed by atoms with E-state index in [2.05, 4.69) is 20.4 Å². The fraction of sp³-hybridized carbons (Fsp3) is 0.182. The lowest BCUT2D eigenvalue weighted by molar-refractivity contribution is 0.189. The molecule has 0 saturated heterocycles. The zero-order chi connectivity index (χ0) is 36.8. The van der Waals surface area contributed by atoms with Crippen LogP contribution in [0.25, 0.3) is 27.6 Å². The van der Waals surface area contributed by atoms with Gasteiger partial charge in [0.2, 0.25) is 10.0 Å². The van der Waals surface area contributed by atoms with E-state index >= 15 is 0 Å². The zero-order valence-electron chi connectivity index (χ0n) is 26.9. The highest BCUT2D eigenvalue weighted by Crippen LogP contribution is 2.38. The second-order valence-corrected chi connectivity index (χ2v) is 14.2. The summed E-state index contributed by atoms with van der Waals surface area (Å²) in [5.74, 6) is -1.50. The van der Waals surface area contributed by atoms with Gasteiger partial charge in [0.25, 0.3) is 5.56 Å². The third-order valence-corrected chi connectivity index (χ3v) is 9.58. The summed E-state index contributed by atoms with van der Waals surface area (Å²) in [4.78, 5) is 35.2. The maximum absolute atomic E-state index is 14.4. The van der Waals surface area contributed by atoms with Gasteiger partial charge in [-0.3, -0.25) is 14.0 Å². The van der Waals surface area contributed by atoms with Crippen LogP contribution in [0.1, 0.15) is 23.0 Å².